The summed E-state index contributed by atoms with van der Waals surface area (Å²) in [5, 5.41) is 10.3. The van der Waals surface area contributed by atoms with E-state index < -0.39 is 11.9 Å². The maximum absolute atomic E-state index is 12.6. The second-order valence-corrected chi connectivity index (χ2v) is 7.12. The molecule has 1 atom stereocenters. The van der Waals surface area contributed by atoms with Gasteiger partial charge in [0.15, 0.2) is 0 Å². The van der Waals surface area contributed by atoms with Gasteiger partial charge in [-0.2, -0.15) is 0 Å². The van der Waals surface area contributed by atoms with Crippen molar-refractivity contribution in [2.75, 3.05) is 24.4 Å². The molecule has 3 N–H and O–H groups in total. The molecule has 1 aromatic heterocycles. The van der Waals surface area contributed by atoms with E-state index in [1.54, 1.807) is 6.20 Å². The normalized spacial score (nSPS) is 20.8. The lowest BCUT2D eigenvalue weighted by molar-refractivity contribution is -0.173. The zero-order valence-corrected chi connectivity index (χ0v) is 15.8. The average molecular weight is 364 g/mol. The van der Waals surface area contributed by atoms with Gasteiger partial charge >= 0.3 is 0 Å². The topological polar surface area (TPSA) is 111 Å². The van der Waals surface area contributed by atoms with Gasteiger partial charge in [-0.15, -0.1) is 0 Å². The number of aryl methyl sites for hydroxylation is 1. The van der Waals surface area contributed by atoms with Crippen LogP contribution in [-0.4, -0.2) is 52.7 Å². The Morgan fingerprint density at radius 3 is 2.54 bits per heavy atom. The molecule has 1 aromatic rings. The molecule has 0 aromatic carbocycles. The summed E-state index contributed by atoms with van der Waals surface area (Å²) in [7, 11) is 3.79. The Hall–Kier alpha value is -2.42. The lowest BCUT2D eigenvalue weighted by Crippen LogP contribution is -2.51. The van der Waals surface area contributed by atoms with Crippen LogP contribution < -0.4 is 15.8 Å². The molecular formula is C17H28N6O3. The Balaban J connectivity index is 2.03. The highest BCUT2D eigenvalue weighted by atomic mass is 16.5. The third-order valence-electron chi connectivity index (χ3n) is 4.90. The Labute approximate surface area is 153 Å². The summed E-state index contributed by atoms with van der Waals surface area (Å²) >= 11 is 0. The maximum Gasteiger partial charge on any atom is 0.264 e. The minimum absolute atomic E-state index is 0.0815. The highest BCUT2D eigenvalue weighted by Gasteiger charge is 2.35. The molecule has 2 rings (SSSR count). The first-order chi connectivity index (χ1) is 12.3. The van der Waals surface area contributed by atoms with Crippen LogP contribution in [0.2, 0.25) is 0 Å². The van der Waals surface area contributed by atoms with Crippen LogP contribution in [0.1, 0.15) is 38.3 Å². The Morgan fingerprint density at radius 1 is 1.35 bits per heavy atom. The van der Waals surface area contributed by atoms with Gasteiger partial charge in [0.05, 0.1) is 17.6 Å². The molecule has 1 fully saturated rings. The summed E-state index contributed by atoms with van der Waals surface area (Å²) in [5.74, 6) is 0.273. The average Bonchev–Trinajstić information content (AvgIpc) is 2.61. The fraction of sp³-hybridized carbons (Fsp3) is 0.647. The van der Waals surface area contributed by atoms with E-state index in [-0.39, 0.29) is 18.3 Å². The van der Waals surface area contributed by atoms with E-state index in [2.05, 4.69) is 27.7 Å². The number of aromatic nitrogens is 2. The van der Waals surface area contributed by atoms with Crippen molar-refractivity contribution in [3.63, 3.8) is 0 Å². The second-order valence-electron chi connectivity index (χ2n) is 7.12. The number of carbonyl (C=O) groups excluding carboxylic acids is 2. The van der Waals surface area contributed by atoms with Gasteiger partial charge in [0.1, 0.15) is 6.04 Å². The third-order valence-corrected chi connectivity index (χ3v) is 4.90. The molecule has 9 nitrogen and oxygen atoms in total. The van der Waals surface area contributed by atoms with Crippen LogP contribution in [0.4, 0.5) is 11.6 Å². The van der Waals surface area contributed by atoms with E-state index in [0.29, 0.717) is 11.0 Å². The van der Waals surface area contributed by atoms with E-state index >= 15 is 0 Å². The summed E-state index contributed by atoms with van der Waals surface area (Å²) in [6.45, 7) is 4.01. The summed E-state index contributed by atoms with van der Waals surface area (Å²) in [6, 6.07) is -0.936. The SMILES string of the molecule is Cc1nc(NNC(=O)C(C2CCC(C)CC2)N(O)C=O)ncc1N(C)C. The van der Waals surface area contributed by atoms with Gasteiger partial charge in [-0.25, -0.2) is 15.0 Å². The van der Waals surface area contributed by atoms with Gasteiger partial charge in [0.2, 0.25) is 12.4 Å². The largest absolute Gasteiger partial charge is 0.375 e. The van der Waals surface area contributed by atoms with Crippen molar-refractivity contribution in [1.29, 1.82) is 0 Å². The molecule has 9 heteroatoms. The van der Waals surface area contributed by atoms with Gasteiger partial charge in [-0.05, 0) is 31.6 Å². The van der Waals surface area contributed by atoms with Crippen LogP contribution in [0.5, 0.6) is 0 Å². The number of hydrogen-bond donors (Lipinski definition) is 3. The van der Waals surface area contributed by atoms with Crippen molar-refractivity contribution in [3.8, 4) is 0 Å². The van der Waals surface area contributed by atoms with Crippen molar-refractivity contribution in [2.45, 2.75) is 45.6 Å². The molecular weight excluding hydrogens is 336 g/mol. The highest BCUT2D eigenvalue weighted by molar-refractivity contribution is 5.84. The predicted molar refractivity (Wildman–Crippen MR) is 97.5 cm³/mol. The molecule has 26 heavy (non-hydrogen) atoms. The van der Waals surface area contributed by atoms with Crippen molar-refractivity contribution in [3.05, 3.63) is 11.9 Å². The predicted octanol–water partition coefficient (Wildman–Crippen LogP) is 1.34. The van der Waals surface area contributed by atoms with Gasteiger partial charge in [0, 0.05) is 14.1 Å². The smallest absolute Gasteiger partial charge is 0.264 e. The summed E-state index contributed by atoms with van der Waals surface area (Å²) < 4.78 is 0. The van der Waals surface area contributed by atoms with Crippen LogP contribution >= 0.6 is 0 Å². The fourth-order valence-corrected chi connectivity index (χ4v) is 3.37. The van der Waals surface area contributed by atoms with E-state index in [1.165, 1.54) is 0 Å². The molecule has 0 bridgehead atoms. The molecule has 1 heterocycles. The van der Waals surface area contributed by atoms with E-state index in [4.69, 9.17) is 0 Å². The Morgan fingerprint density at radius 2 is 2.00 bits per heavy atom. The van der Waals surface area contributed by atoms with E-state index in [9.17, 15) is 14.8 Å². The molecule has 2 amide bonds. The monoisotopic (exact) mass is 364 g/mol. The van der Waals surface area contributed by atoms with Gasteiger partial charge in [-0.1, -0.05) is 19.8 Å². The minimum Gasteiger partial charge on any atom is -0.375 e. The first-order valence-corrected chi connectivity index (χ1v) is 8.82. The standard InChI is InChI=1S/C17H28N6O3/c1-11-5-7-13(8-6-11)15(23(26)10-24)16(25)20-21-17-18-9-14(22(3)4)12(2)19-17/h9-11,13,15,26H,5-8H2,1-4H3,(H,20,25)(H,18,19,21). The number of carbonyl (C=O) groups is 2. The molecule has 1 aliphatic carbocycles. The summed E-state index contributed by atoms with van der Waals surface area (Å²) in [6.07, 6.45) is 5.45. The van der Waals surface area contributed by atoms with Crippen molar-refractivity contribution in [2.24, 2.45) is 11.8 Å². The number of hydrogen-bond acceptors (Lipinski definition) is 7. The summed E-state index contributed by atoms with van der Waals surface area (Å²) in [4.78, 5) is 33.9. The Bertz CT molecular complexity index is 631. The number of hydrazine groups is 1. The van der Waals surface area contributed by atoms with E-state index in [1.807, 2.05) is 25.9 Å². The molecule has 1 unspecified atom stereocenters. The third kappa shape index (κ3) is 4.81. The molecule has 0 saturated heterocycles. The van der Waals surface area contributed by atoms with Gasteiger partial charge in [-0.3, -0.25) is 25.6 Å². The number of hydroxylamine groups is 2. The number of anilines is 2. The number of amides is 2. The lowest BCUT2D eigenvalue weighted by Gasteiger charge is -2.34. The van der Waals surface area contributed by atoms with Crippen LogP contribution in [0.15, 0.2) is 6.20 Å². The Kier molecular flexibility index (Phi) is 6.73. The number of nitrogens with zero attached hydrogens (tertiary/aromatic N) is 4. The molecule has 0 aliphatic heterocycles. The first kappa shape index (κ1) is 19.9. The maximum atomic E-state index is 12.6. The molecule has 0 spiro atoms. The molecule has 0 radical (unpaired) electrons. The number of rotatable bonds is 7. The van der Waals surface area contributed by atoms with Crippen LogP contribution in [0.3, 0.4) is 0 Å². The number of nitrogens with one attached hydrogen (secondary N) is 2. The quantitative estimate of drug-likeness (QED) is 0.380. The van der Waals surface area contributed by atoms with Crippen LogP contribution in [0, 0.1) is 18.8 Å². The van der Waals surface area contributed by atoms with Crippen LogP contribution in [0.25, 0.3) is 0 Å². The van der Waals surface area contributed by atoms with Crippen molar-refractivity contribution >= 4 is 24.0 Å². The van der Waals surface area contributed by atoms with Gasteiger partial charge in [0.25, 0.3) is 5.91 Å². The van der Waals surface area contributed by atoms with Crippen LogP contribution in [-0.2, 0) is 9.59 Å². The minimum atomic E-state index is -0.936. The van der Waals surface area contributed by atoms with Crippen molar-refractivity contribution in [1.82, 2.24) is 20.5 Å². The van der Waals surface area contributed by atoms with Crippen molar-refractivity contribution < 1.29 is 14.8 Å². The van der Waals surface area contributed by atoms with E-state index in [0.717, 1.165) is 37.1 Å². The first-order valence-electron chi connectivity index (χ1n) is 8.82. The van der Waals surface area contributed by atoms with Gasteiger partial charge < -0.3 is 4.90 Å². The highest BCUT2D eigenvalue weighted by Crippen LogP contribution is 2.32. The zero-order valence-electron chi connectivity index (χ0n) is 15.8. The second kappa shape index (κ2) is 8.79. The lowest BCUT2D eigenvalue weighted by atomic mass is 9.79. The molecule has 1 aliphatic rings. The fourth-order valence-electron chi connectivity index (χ4n) is 3.37. The molecule has 144 valence electrons. The molecule has 1 saturated carbocycles. The summed E-state index contributed by atoms with van der Waals surface area (Å²) in [5.41, 5.74) is 6.81. The zero-order chi connectivity index (χ0) is 19.3.